The molecule has 1 saturated heterocycles. The number of hydrogen-bond acceptors (Lipinski definition) is 6. The van der Waals surface area contributed by atoms with Gasteiger partial charge < -0.3 is 24.7 Å². The molecular formula is C11H21NO5. The van der Waals surface area contributed by atoms with Crippen LogP contribution in [0.1, 0.15) is 12.8 Å². The van der Waals surface area contributed by atoms with Crippen molar-refractivity contribution in [3.8, 4) is 0 Å². The number of rotatable bonds is 8. The molecule has 1 atom stereocenters. The van der Waals surface area contributed by atoms with Gasteiger partial charge in [0.05, 0.1) is 13.2 Å². The van der Waals surface area contributed by atoms with Gasteiger partial charge in [-0.1, -0.05) is 0 Å². The summed E-state index contributed by atoms with van der Waals surface area (Å²) in [6.07, 6.45) is 1.35. The molecule has 6 heteroatoms. The Labute approximate surface area is 101 Å². The summed E-state index contributed by atoms with van der Waals surface area (Å²) in [7, 11) is 1.64. The van der Waals surface area contributed by atoms with E-state index in [1.807, 2.05) is 0 Å². The lowest BCUT2D eigenvalue weighted by atomic mass is 10.0. The van der Waals surface area contributed by atoms with Crippen LogP contribution in [0.25, 0.3) is 0 Å². The van der Waals surface area contributed by atoms with Gasteiger partial charge in [0.25, 0.3) is 0 Å². The molecule has 1 heterocycles. The molecule has 6 nitrogen and oxygen atoms in total. The number of esters is 1. The van der Waals surface area contributed by atoms with Crippen molar-refractivity contribution >= 4 is 5.97 Å². The number of ether oxygens (including phenoxy) is 4. The van der Waals surface area contributed by atoms with E-state index in [0.29, 0.717) is 32.8 Å². The fraction of sp³-hybridized carbons (Fsp3) is 0.909. The van der Waals surface area contributed by atoms with Crippen LogP contribution in [0.2, 0.25) is 0 Å². The zero-order chi connectivity index (χ0) is 12.6. The van der Waals surface area contributed by atoms with Crippen molar-refractivity contribution in [1.82, 2.24) is 0 Å². The highest BCUT2D eigenvalue weighted by atomic mass is 16.6. The van der Waals surface area contributed by atoms with Crippen LogP contribution in [0, 0.1) is 0 Å². The molecule has 0 radical (unpaired) electrons. The third-order valence-electron chi connectivity index (χ3n) is 2.56. The minimum Gasteiger partial charge on any atom is -0.462 e. The van der Waals surface area contributed by atoms with Crippen molar-refractivity contribution in [3.05, 3.63) is 0 Å². The Morgan fingerprint density at radius 3 is 2.82 bits per heavy atom. The normalized spacial score (nSPS) is 23.9. The monoisotopic (exact) mass is 247 g/mol. The molecule has 17 heavy (non-hydrogen) atoms. The van der Waals surface area contributed by atoms with E-state index in [1.54, 1.807) is 7.11 Å². The third-order valence-corrected chi connectivity index (χ3v) is 2.56. The molecule has 0 aromatic heterocycles. The lowest BCUT2D eigenvalue weighted by Crippen LogP contribution is -2.49. The third kappa shape index (κ3) is 4.99. The SMILES string of the molecule is COCCCOCCOC(=O)C1(N)CCOC1. The Bertz CT molecular complexity index is 228. The van der Waals surface area contributed by atoms with Crippen molar-refractivity contribution in [2.45, 2.75) is 18.4 Å². The lowest BCUT2D eigenvalue weighted by Gasteiger charge is -2.19. The first kappa shape index (κ1) is 14.4. The first-order valence-electron chi connectivity index (χ1n) is 5.79. The summed E-state index contributed by atoms with van der Waals surface area (Å²) in [5.74, 6) is -0.407. The fourth-order valence-electron chi connectivity index (χ4n) is 1.49. The summed E-state index contributed by atoms with van der Waals surface area (Å²) in [6.45, 7) is 2.63. The second kappa shape index (κ2) is 7.60. The minimum atomic E-state index is -0.962. The summed E-state index contributed by atoms with van der Waals surface area (Å²) < 4.78 is 20.2. The van der Waals surface area contributed by atoms with Crippen LogP contribution in [0.15, 0.2) is 0 Å². The first-order valence-corrected chi connectivity index (χ1v) is 5.79. The summed E-state index contributed by atoms with van der Waals surface area (Å²) >= 11 is 0. The highest BCUT2D eigenvalue weighted by Crippen LogP contribution is 2.16. The van der Waals surface area contributed by atoms with Crippen LogP contribution in [0.4, 0.5) is 0 Å². The van der Waals surface area contributed by atoms with E-state index in [1.165, 1.54) is 0 Å². The largest absolute Gasteiger partial charge is 0.462 e. The first-order chi connectivity index (χ1) is 8.19. The van der Waals surface area contributed by atoms with Crippen molar-refractivity contribution in [3.63, 3.8) is 0 Å². The van der Waals surface area contributed by atoms with Crippen molar-refractivity contribution < 1.29 is 23.7 Å². The van der Waals surface area contributed by atoms with Gasteiger partial charge in [-0.2, -0.15) is 0 Å². The molecular weight excluding hydrogens is 226 g/mol. The number of methoxy groups -OCH3 is 1. The molecule has 0 bridgehead atoms. The molecule has 1 aliphatic rings. The summed E-state index contributed by atoms with van der Waals surface area (Å²) in [5.41, 5.74) is 4.86. The zero-order valence-corrected chi connectivity index (χ0v) is 10.3. The maximum atomic E-state index is 11.6. The second-order valence-electron chi connectivity index (χ2n) is 4.05. The number of nitrogens with two attached hydrogens (primary N) is 1. The standard InChI is InChI=1S/C11H21NO5/c1-14-4-2-5-15-7-8-17-10(13)11(12)3-6-16-9-11/h2-9,12H2,1H3. The predicted octanol–water partition coefficient (Wildman–Crippen LogP) is -0.299. The van der Waals surface area contributed by atoms with Gasteiger partial charge in [0, 0.05) is 33.4 Å². The smallest absolute Gasteiger partial charge is 0.328 e. The molecule has 0 amide bonds. The molecule has 1 rings (SSSR count). The predicted molar refractivity (Wildman–Crippen MR) is 60.6 cm³/mol. The van der Waals surface area contributed by atoms with Crippen LogP contribution < -0.4 is 5.73 Å². The van der Waals surface area contributed by atoms with Gasteiger partial charge in [0.2, 0.25) is 0 Å². The van der Waals surface area contributed by atoms with Gasteiger partial charge in [-0.05, 0) is 6.42 Å². The molecule has 2 N–H and O–H groups in total. The van der Waals surface area contributed by atoms with Crippen LogP contribution in [-0.2, 0) is 23.7 Å². The van der Waals surface area contributed by atoms with Gasteiger partial charge in [0.15, 0.2) is 0 Å². The molecule has 0 saturated carbocycles. The fourth-order valence-corrected chi connectivity index (χ4v) is 1.49. The lowest BCUT2D eigenvalue weighted by molar-refractivity contribution is -0.151. The van der Waals surface area contributed by atoms with Gasteiger partial charge in [-0.3, -0.25) is 0 Å². The molecule has 0 aromatic carbocycles. The van der Waals surface area contributed by atoms with Gasteiger partial charge in [-0.25, -0.2) is 4.79 Å². The Morgan fingerprint density at radius 2 is 2.18 bits per heavy atom. The van der Waals surface area contributed by atoms with Gasteiger partial charge >= 0.3 is 5.97 Å². The number of carbonyl (C=O) groups is 1. The molecule has 0 spiro atoms. The van der Waals surface area contributed by atoms with Crippen LogP contribution in [0.5, 0.6) is 0 Å². The Hall–Kier alpha value is -0.690. The van der Waals surface area contributed by atoms with E-state index >= 15 is 0 Å². The summed E-state index contributed by atoms with van der Waals surface area (Å²) in [6, 6.07) is 0. The van der Waals surface area contributed by atoms with E-state index in [2.05, 4.69) is 0 Å². The Balaban J connectivity index is 2.00. The summed E-state index contributed by atoms with van der Waals surface area (Å²) in [5, 5.41) is 0. The highest BCUT2D eigenvalue weighted by molar-refractivity contribution is 5.81. The zero-order valence-electron chi connectivity index (χ0n) is 10.3. The average molecular weight is 247 g/mol. The number of hydrogen-bond donors (Lipinski definition) is 1. The van der Waals surface area contributed by atoms with E-state index in [4.69, 9.17) is 24.7 Å². The second-order valence-corrected chi connectivity index (χ2v) is 4.05. The maximum absolute atomic E-state index is 11.6. The molecule has 1 fully saturated rings. The minimum absolute atomic E-state index is 0.227. The van der Waals surface area contributed by atoms with E-state index in [0.717, 1.165) is 6.42 Å². The topological polar surface area (TPSA) is 80.0 Å². The number of carbonyl (C=O) groups excluding carboxylic acids is 1. The van der Waals surface area contributed by atoms with Crippen molar-refractivity contribution in [2.75, 3.05) is 46.8 Å². The maximum Gasteiger partial charge on any atom is 0.328 e. The molecule has 0 aromatic rings. The van der Waals surface area contributed by atoms with Gasteiger partial charge in [0.1, 0.15) is 12.1 Å². The molecule has 100 valence electrons. The van der Waals surface area contributed by atoms with Crippen LogP contribution >= 0.6 is 0 Å². The van der Waals surface area contributed by atoms with E-state index < -0.39 is 11.5 Å². The molecule has 0 aliphatic carbocycles. The van der Waals surface area contributed by atoms with Crippen molar-refractivity contribution in [2.24, 2.45) is 5.73 Å². The van der Waals surface area contributed by atoms with Crippen molar-refractivity contribution in [1.29, 1.82) is 0 Å². The molecule has 1 aliphatic heterocycles. The Morgan fingerprint density at radius 1 is 1.35 bits per heavy atom. The Kier molecular flexibility index (Phi) is 6.43. The van der Waals surface area contributed by atoms with E-state index in [9.17, 15) is 4.79 Å². The highest BCUT2D eigenvalue weighted by Gasteiger charge is 2.39. The summed E-state index contributed by atoms with van der Waals surface area (Å²) in [4.78, 5) is 11.6. The van der Waals surface area contributed by atoms with Crippen LogP contribution in [-0.4, -0.2) is 58.3 Å². The molecule has 1 unspecified atom stereocenters. The van der Waals surface area contributed by atoms with Gasteiger partial charge in [-0.15, -0.1) is 0 Å². The van der Waals surface area contributed by atoms with Crippen LogP contribution in [0.3, 0.4) is 0 Å². The quantitative estimate of drug-likeness (QED) is 0.468. The average Bonchev–Trinajstić information content (AvgIpc) is 2.76. The van der Waals surface area contributed by atoms with E-state index in [-0.39, 0.29) is 13.2 Å².